The van der Waals surface area contributed by atoms with Crippen molar-refractivity contribution in [2.45, 2.75) is 38.1 Å². The highest BCUT2D eigenvalue weighted by atomic mass is 16.5. The molecule has 160 valence electrons. The molecule has 28 heavy (non-hydrogen) atoms. The third-order valence-electron chi connectivity index (χ3n) is 5.23. The number of nitrogens with zero attached hydrogens (tertiary/aromatic N) is 2. The molecule has 2 heterocycles. The van der Waals surface area contributed by atoms with Gasteiger partial charge in [-0.3, -0.25) is 9.80 Å². The monoisotopic (exact) mass is 398 g/mol. The smallest absolute Gasteiger partial charge is 0.331 e. The number of carbonyl (C=O) groups is 2. The first kappa shape index (κ1) is 22.8. The largest absolute Gasteiger partial charge is 0.478 e. The highest BCUT2D eigenvalue weighted by Crippen LogP contribution is 2.16. The maximum absolute atomic E-state index is 11.3. The number of ether oxygens (including phenoxy) is 3. The predicted octanol–water partition coefficient (Wildman–Crippen LogP) is 1.15. The van der Waals surface area contributed by atoms with Crippen LogP contribution in [0.15, 0.2) is 12.2 Å². The number of hydrogen-bond donors (Lipinski definition) is 1. The van der Waals surface area contributed by atoms with Gasteiger partial charge in [0.25, 0.3) is 0 Å². The summed E-state index contributed by atoms with van der Waals surface area (Å²) in [5.41, 5.74) is 0. The van der Waals surface area contributed by atoms with E-state index in [1.807, 2.05) is 0 Å². The van der Waals surface area contributed by atoms with Crippen LogP contribution >= 0.6 is 0 Å². The van der Waals surface area contributed by atoms with Gasteiger partial charge in [0.05, 0.1) is 33.0 Å². The molecule has 2 fully saturated rings. The Balaban J connectivity index is 1.63. The Morgan fingerprint density at radius 3 is 2.29 bits per heavy atom. The van der Waals surface area contributed by atoms with Crippen molar-refractivity contribution in [3.8, 4) is 0 Å². The third-order valence-corrected chi connectivity index (χ3v) is 5.23. The van der Waals surface area contributed by atoms with Gasteiger partial charge in [0.15, 0.2) is 0 Å². The highest BCUT2D eigenvalue weighted by molar-refractivity contribution is 5.90. The minimum atomic E-state index is -1.15. The minimum absolute atomic E-state index is 0.332. The van der Waals surface area contributed by atoms with E-state index < -0.39 is 11.9 Å². The zero-order valence-electron chi connectivity index (χ0n) is 16.7. The molecule has 2 aliphatic rings. The van der Waals surface area contributed by atoms with Crippen molar-refractivity contribution in [1.29, 1.82) is 0 Å². The fourth-order valence-corrected chi connectivity index (χ4v) is 3.63. The Bertz CT molecular complexity index is 487. The summed E-state index contributed by atoms with van der Waals surface area (Å²) in [4.78, 5) is 26.7. The third kappa shape index (κ3) is 9.64. The number of carboxylic acids is 1. The topological polar surface area (TPSA) is 88.5 Å². The molecule has 0 spiro atoms. The first-order chi connectivity index (χ1) is 13.6. The lowest BCUT2D eigenvalue weighted by Gasteiger charge is -2.36. The van der Waals surface area contributed by atoms with Gasteiger partial charge in [-0.05, 0) is 25.8 Å². The molecule has 0 aromatic carbocycles. The predicted molar refractivity (Wildman–Crippen MR) is 104 cm³/mol. The average Bonchev–Trinajstić information content (AvgIpc) is 2.72. The lowest BCUT2D eigenvalue weighted by molar-refractivity contribution is -0.138. The van der Waals surface area contributed by atoms with Crippen LogP contribution in [0.2, 0.25) is 0 Å². The summed E-state index contributed by atoms with van der Waals surface area (Å²) in [5.74, 6) is -1.75. The van der Waals surface area contributed by atoms with Crippen molar-refractivity contribution < 1.29 is 28.9 Å². The normalized spacial score (nSPS) is 20.3. The Morgan fingerprint density at radius 2 is 1.61 bits per heavy atom. The summed E-state index contributed by atoms with van der Waals surface area (Å²) in [7, 11) is 0. The molecule has 0 bridgehead atoms. The number of esters is 1. The maximum atomic E-state index is 11.3. The van der Waals surface area contributed by atoms with Crippen molar-refractivity contribution >= 4 is 11.9 Å². The van der Waals surface area contributed by atoms with Crippen LogP contribution in [-0.2, 0) is 23.8 Å². The molecule has 8 heteroatoms. The fraction of sp³-hybridized carbons (Fsp3) is 0.800. The van der Waals surface area contributed by atoms with Crippen molar-refractivity contribution in [2.75, 3.05) is 65.8 Å². The average molecular weight is 399 g/mol. The maximum Gasteiger partial charge on any atom is 0.331 e. The highest BCUT2D eigenvalue weighted by Gasteiger charge is 2.22. The number of carbonyl (C=O) groups excluding carboxylic acids is 1. The summed E-state index contributed by atoms with van der Waals surface area (Å²) in [6.07, 6.45) is 6.92. The lowest BCUT2D eigenvalue weighted by atomic mass is 10.0. The second kappa shape index (κ2) is 13.7. The Kier molecular flexibility index (Phi) is 11.1. The summed E-state index contributed by atoms with van der Waals surface area (Å²) >= 11 is 0. The second-order valence-corrected chi connectivity index (χ2v) is 7.23. The second-order valence-electron chi connectivity index (χ2n) is 7.23. The molecule has 1 N–H and O–H groups in total. The van der Waals surface area contributed by atoms with Crippen LogP contribution < -0.4 is 0 Å². The Morgan fingerprint density at radius 1 is 0.929 bits per heavy atom. The molecule has 1 unspecified atom stereocenters. The molecule has 1 atom stereocenters. The lowest BCUT2D eigenvalue weighted by Crippen LogP contribution is -2.46. The molecule has 0 aliphatic carbocycles. The molecular formula is C20H34N2O6. The van der Waals surface area contributed by atoms with Gasteiger partial charge >= 0.3 is 11.9 Å². The molecule has 0 aromatic heterocycles. The first-order valence-corrected chi connectivity index (χ1v) is 10.3. The van der Waals surface area contributed by atoms with Gasteiger partial charge in [0.1, 0.15) is 0 Å². The van der Waals surface area contributed by atoms with Crippen molar-refractivity contribution in [2.24, 2.45) is 0 Å². The van der Waals surface area contributed by atoms with Gasteiger partial charge in [0, 0.05) is 44.4 Å². The van der Waals surface area contributed by atoms with E-state index >= 15 is 0 Å². The van der Waals surface area contributed by atoms with Gasteiger partial charge < -0.3 is 19.3 Å². The van der Waals surface area contributed by atoms with Crippen LogP contribution in [0.4, 0.5) is 0 Å². The number of rotatable bonds is 12. The first-order valence-electron chi connectivity index (χ1n) is 10.3. The van der Waals surface area contributed by atoms with E-state index in [9.17, 15) is 9.59 Å². The minimum Gasteiger partial charge on any atom is -0.478 e. The SMILES string of the molecule is O=C(O)C=CC(=O)OCCCCCC(CCN1CCOCC1)N1CCOCC1. The number of carboxylic acid groups (broad SMARTS) is 1. The number of morpholine rings is 2. The van der Waals surface area contributed by atoms with E-state index in [1.54, 1.807) is 0 Å². The van der Waals surface area contributed by atoms with E-state index in [2.05, 4.69) is 9.80 Å². The fourth-order valence-electron chi connectivity index (χ4n) is 3.63. The number of aliphatic carboxylic acids is 1. The van der Waals surface area contributed by atoms with Crippen LogP contribution in [0.1, 0.15) is 32.1 Å². The summed E-state index contributed by atoms with van der Waals surface area (Å²) < 4.78 is 15.9. The zero-order valence-corrected chi connectivity index (χ0v) is 16.7. The van der Waals surface area contributed by atoms with Gasteiger partial charge in [-0.25, -0.2) is 9.59 Å². The van der Waals surface area contributed by atoms with Crippen molar-refractivity contribution in [3.05, 3.63) is 12.2 Å². The van der Waals surface area contributed by atoms with Crippen LogP contribution in [0.25, 0.3) is 0 Å². The molecule has 0 amide bonds. The molecule has 0 radical (unpaired) electrons. The molecule has 2 rings (SSSR count). The standard InChI is InChI=1S/C20H34N2O6/c23-19(24)5-6-20(25)28-13-3-1-2-4-18(22-11-16-27-17-12-22)7-8-21-9-14-26-15-10-21/h5-6,18H,1-4,7-17H2,(H,23,24). The summed E-state index contributed by atoms with van der Waals surface area (Å²) in [5, 5.41) is 8.47. The molecule has 8 nitrogen and oxygen atoms in total. The molecule has 0 saturated carbocycles. The van der Waals surface area contributed by atoms with Crippen molar-refractivity contribution in [1.82, 2.24) is 9.80 Å². The van der Waals surface area contributed by atoms with Gasteiger partial charge in [-0.1, -0.05) is 12.8 Å². The Labute approximate surface area is 167 Å². The van der Waals surface area contributed by atoms with Crippen LogP contribution in [0, 0.1) is 0 Å². The molecule has 2 aliphatic heterocycles. The van der Waals surface area contributed by atoms with E-state index in [0.29, 0.717) is 12.6 Å². The van der Waals surface area contributed by atoms with E-state index in [1.165, 1.54) is 0 Å². The number of unbranched alkanes of at least 4 members (excludes halogenated alkanes) is 2. The van der Waals surface area contributed by atoms with E-state index in [-0.39, 0.29) is 0 Å². The zero-order chi connectivity index (χ0) is 20.0. The van der Waals surface area contributed by atoms with Gasteiger partial charge in [-0.15, -0.1) is 0 Å². The van der Waals surface area contributed by atoms with Crippen molar-refractivity contribution in [3.63, 3.8) is 0 Å². The van der Waals surface area contributed by atoms with E-state index in [4.69, 9.17) is 19.3 Å². The van der Waals surface area contributed by atoms with Gasteiger partial charge in [0.2, 0.25) is 0 Å². The van der Waals surface area contributed by atoms with Crippen LogP contribution in [0.5, 0.6) is 0 Å². The molecule has 0 aromatic rings. The Hall–Kier alpha value is -1.48. The van der Waals surface area contributed by atoms with Crippen LogP contribution in [0.3, 0.4) is 0 Å². The van der Waals surface area contributed by atoms with E-state index in [0.717, 1.165) is 103 Å². The summed E-state index contributed by atoms with van der Waals surface area (Å²) in [6.45, 7) is 8.79. The van der Waals surface area contributed by atoms with Crippen LogP contribution in [-0.4, -0.2) is 98.6 Å². The molecular weight excluding hydrogens is 364 g/mol. The quantitative estimate of drug-likeness (QED) is 0.298. The van der Waals surface area contributed by atoms with Gasteiger partial charge in [-0.2, -0.15) is 0 Å². The number of hydrogen-bond acceptors (Lipinski definition) is 7. The summed E-state index contributed by atoms with van der Waals surface area (Å²) in [6, 6.07) is 0.563. The molecule has 2 saturated heterocycles.